The van der Waals surface area contributed by atoms with E-state index in [1.165, 1.54) is 5.56 Å². The SMILES string of the molecule is C=Cc1ccccc1NC(C)c1cc(C)cc2nc(C)c(N3CCOCC3)nc12. The van der Waals surface area contributed by atoms with E-state index < -0.39 is 0 Å². The first-order valence-corrected chi connectivity index (χ1v) is 10.2. The largest absolute Gasteiger partial charge is 0.378 e. The second-order valence-corrected chi connectivity index (χ2v) is 7.61. The van der Waals surface area contributed by atoms with E-state index in [2.05, 4.69) is 54.9 Å². The highest BCUT2D eigenvalue weighted by molar-refractivity contribution is 5.82. The minimum absolute atomic E-state index is 0.0769. The minimum Gasteiger partial charge on any atom is -0.378 e. The average Bonchev–Trinajstić information content (AvgIpc) is 2.73. The Hall–Kier alpha value is -2.92. The number of fused-ring (bicyclic) bond motifs is 1. The van der Waals surface area contributed by atoms with Crippen LogP contribution < -0.4 is 10.2 Å². The number of anilines is 2. The molecule has 0 radical (unpaired) electrons. The van der Waals surface area contributed by atoms with Crippen molar-refractivity contribution in [1.29, 1.82) is 0 Å². The van der Waals surface area contributed by atoms with E-state index in [1.807, 2.05) is 25.1 Å². The van der Waals surface area contributed by atoms with Crippen LogP contribution in [0.4, 0.5) is 11.5 Å². The molecule has 0 spiro atoms. The van der Waals surface area contributed by atoms with Gasteiger partial charge in [0.1, 0.15) is 0 Å². The Morgan fingerprint density at radius 2 is 1.90 bits per heavy atom. The number of morpholine rings is 1. The molecule has 1 atom stereocenters. The van der Waals surface area contributed by atoms with Crippen molar-refractivity contribution < 1.29 is 4.74 Å². The lowest BCUT2D eigenvalue weighted by Gasteiger charge is -2.29. The van der Waals surface area contributed by atoms with Crippen LogP contribution in [-0.2, 0) is 4.74 Å². The number of para-hydroxylation sites is 1. The number of hydrogen-bond acceptors (Lipinski definition) is 5. The number of rotatable bonds is 5. The molecular formula is C24H28N4O. The van der Waals surface area contributed by atoms with E-state index in [9.17, 15) is 0 Å². The first-order valence-electron chi connectivity index (χ1n) is 10.2. The van der Waals surface area contributed by atoms with Crippen LogP contribution in [0.2, 0.25) is 0 Å². The van der Waals surface area contributed by atoms with Gasteiger partial charge in [-0.2, -0.15) is 0 Å². The van der Waals surface area contributed by atoms with Crippen LogP contribution >= 0.6 is 0 Å². The Labute approximate surface area is 172 Å². The quantitative estimate of drug-likeness (QED) is 0.674. The monoisotopic (exact) mass is 388 g/mol. The van der Waals surface area contributed by atoms with Gasteiger partial charge in [0, 0.05) is 24.3 Å². The smallest absolute Gasteiger partial charge is 0.150 e. The molecule has 1 fully saturated rings. The highest BCUT2D eigenvalue weighted by atomic mass is 16.5. The molecule has 5 heteroatoms. The van der Waals surface area contributed by atoms with E-state index in [-0.39, 0.29) is 6.04 Å². The summed E-state index contributed by atoms with van der Waals surface area (Å²) in [6, 6.07) is 12.6. The normalized spacial score (nSPS) is 15.3. The van der Waals surface area contributed by atoms with Gasteiger partial charge in [-0.3, -0.25) is 0 Å². The Bertz CT molecular complexity index is 1040. The fourth-order valence-electron chi connectivity index (χ4n) is 3.93. The molecule has 0 saturated carbocycles. The predicted octanol–water partition coefficient (Wildman–Crippen LogP) is 4.90. The molecule has 29 heavy (non-hydrogen) atoms. The van der Waals surface area contributed by atoms with Gasteiger partial charge in [0.25, 0.3) is 0 Å². The highest BCUT2D eigenvalue weighted by Crippen LogP contribution is 2.30. The fourth-order valence-corrected chi connectivity index (χ4v) is 3.93. The van der Waals surface area contributed by atoms with E-state index in [4.69, 9.17) is 14.7 Å². The van der Waals surface area contributed by atoms with E-state index in [1.54, 1.807) is 0 Å². The predicted molar refractivity (Wildman–Crippen MR) is 121 cm³/mol. The molecule has 1 saturated heterocycles. The van der Waals surface area contributed by atoms with E-state index >= 15 is 0 Å². The molecule has 1 N–H and O–H groups in total. The van der Waals surface area contributed by atoms with Crippen molar-refractivity contribution in [3.05, 3.63) is 65.4 Å². The second kappa shape index (κ2) is 8.21. The number of hydrogen-bond donors (Lipinski definition) is 1. The zero-order valence-electron chi connectivity index (χ0n) is 17.4. The number of benzene rings is 2. The first kappa shape index (κ1) is 19.4. The third-order valence-electron chi connectivity index (χ3n) is 5.42. The molecule has 5 nitrogen and oxygen atoms in total. The van der Waals surface area contributed by atoms with Crippen molar-refractivity contribution >= 4 is 28.6 Å². The maximum Gasteiger partial charge on any atom is 0.150 e. The number of nitrogens with one attached hydrogen (secondary N) is 1. The van der Waals surface area contributed by atoms with Crippen molar-refractivity contribution in [2.24, 2.45) is 0 Å². The van der Waals surface area contributed by atoms with Gasteiger partial charge in [0.05, 0.1) is 36.0 Å². The molecule has 0 amide bonds. The summed E-state index contributed by atoms with van der Waals surface area (Å²) in [7, 11) is 0. The Morgan fingerprint density at radius 3 is 2.66 bits per heavy atom. The van der Waals surface area contributed by atoms with Crippen LogP contribution in [0.15, 0.2) is 43.0 Å². The molecular weight excluding hydrogens is 360 g/mol. The van der Waals surface area contributed by atoms with Crippen LogP contribution in [0.3, 0.4) is 0 Å². The molecule has 4 rings (SSSR count). The summed E-state index contributed by atoms with van der Waals surface area (Å²) in [5.74, 6) is 0.963. The number of nitrogens with zero attached hydrogens (tertiary/aromatic N) is 3. The van der Waals surface area contributed by atoms with Crippen LogP contribution in [0.5, 0.6) is 0 Å². The van der Waals surface area contributed by atoms with Gasteiger partial charge in [0.2, 0.25) is 0 Å². The first-order chi connectivity index (χ1) is 14.1. The molecule has 2 heterocycles. The summed E-state index contributed by atoms with van der Waals surface area (Å²) in [6.45, 7) is 13.4. The molecule has 150 valence electrons. The van der Waals surface area contributed by atoms with E-state index in [0.717, 1.165) is 65.7 Å². The lowest BCUT2D eigenvalue weighted by molar-refractivity contribution is 0.122. The van der Waals surface area contributed by atoms with Gasteiger partial charge >= 0.3 is 0 Å². The molecule has 0 bridgehead atoms. The summed E-state index contributed by atoms with van der Waals surface area (Å²) in [5, 5.41) is 3.64. The summed E-state index contributed by atoms with van der Waals surface area (Å²) in [4.78, 5) is 12.3. The van der Waals surface area contributed by atoms with Crippen LogP contribution in [0.25, 0.3) is 17.1 Å². The van der Waals surface area contributed by atoms with Crippen molar-refractivity contribution in [2.45, 2.75) is 26.8 Å². The second-order valence-electron chi connectivity index (χ2n) is 7.61. The molecule has 1 aromatic heterocycles. The molecule has 0 aliphatic carbocycles. The van der Waals surface area contributed by atoms with Crippen molar-refractivity contribution in [3.8, 4) is 0 Å². The number of aryl methyl sites for hydroxylation is 2. The zero-order chi connectivity index (χ0) is 20.4. The number of ether oxygens (including phenoxy) is 1. The summed E-state index contributed by atoms with van der Waals surface area (Å²) < 4.78 is 5.51. The minimum atomic E-state index is 0.0769. The Kier molecular flexibility index (Phi) is 5.49. The average molecular weight is 389 g/mol. The fraction of sp³-hybridized carbons (Fsp3) is 0.333. The standard InChI is InChI=1S/C24H28N4O/c1-5-19-8-6-7-9-21(19)25-17(3)20-14-16(2)15-22-23(20)27-24(18(4)26-22)28-10-12-29-13-11-28/h5-9,14-15,17,25H,1,10-13H2,2-4H3. The lowest BCUT2D eigenvalue weighted by atomic mass is 10.0. The highest BCUT2D eigenvalue weighted by Gasteiger charge is 2.19. The zero-order valence-corrected chi connectivity index (χ0v) is 17.4. The van der Waals surface area contributed by atoms with E-state index in [0.29, 0.717) is 0 Å². The van der Waals surface area contributed by atoms with Gasteiger partial charge in [-0.1, -0.05) is 36.9 Å². The molecule has 1 aliphatic heterocycles. The third kappa shape index (κ3) is 3.96. The maximum atomic E-state index is 5.51. The Morgan fingerprint density at radius 1 is 1.14 bits per heavy atom. The van der Waals surface area contributed by atoms with Gasteiger partial charge in [-0.25, -0.2) is 9.97 Å². The van der Waals surface area contributed by atoms with Gasteiger partial charge in [-0.05, 0) is 44.0 Å². The van der Waals surface area contributed by atoms with Crippen LogP contribution in [0, 0.1) is 13.8 Å². The molecule has 2 aromatic carbocycles. The van der Waals surface area contributed by atoms with Crippen molar-refractivity contribution in [1.82, 2.24) is 9.97 Å². The van der Waals surface area contributed by atoms with Crippen LogP contribution in [0.1, 0.15) is 35.3 Å². The summed E-state index contributed by atoms with van der Waals surface area (Å²) in [5.41, 5.74) is 7.37. The van der Waals surface area contributed by atoms with Crippen molar-refractivity contribution in [2.75, 3.05) is 36.5 Å². The maximum absolute atomic E-state index is 5.51. The van der Waals surface area contributed by atoms with Gasteiger partial charge in [0.15, 0.2) is 5.82 Å². The topological polar surface area (TPSA) is 50.3 Å². The lowest BCUT2D eigenvalue weighted by Crippen LogP contribution is -2.37. The Balaban J connectivity index is 1.77. The van der Waals surface area contributed by atoms with Crippen LogP contribution in [-0.4, -0.2) is 36.3 Å². The molecule has 3 aromatic rings. The van der Waals surface area contributed by atoms with Gasteiger partial charge < -0.3 is 15.0 Å². The van der Waals surface area contributed by atoms with Gasteiger partial charge in [-0.15, -0.1) is 0 Å². The number of aromatic nitrogens is 2. The third-order valence-corrected chi connectivity index (χ3v) is 5.42. The molecule has 1 aliphatic rings. The molecule has 1 unspecified atom stereocenters. The van der Waals surface area contributed by atoms with Crippen molar-refractivity contribution in [3.63, 3.8) is 0 Å². The summed E-state index contributed by atoms with van der Waals surface area (Å²) in [6.07, 6.45) is 1.88. The summed E-state index contributed by atoms with van der Waals surface area (Å²) >= 11 is 0.